The first-order valence-electron chi connectivity index (χ1n) is 9.15. The first kappa shape index (κ1) is 15.3. The van der Waals surface area contributed by atoms with Crippen molar-refractivity contribution in [3.05, 3.63) is 24.0 Å². The minimum absolute atomic E-state index is 0.266. The quantitative estimate of drug-likeness (QED) is 0.638. The van der Waals surface area contributed by atoms with Crippen molar-refractivity contribution >= 4 is 22.5 Å². The fraction of sp³-hybridized carbons (Fsp3) is 0.579. The normalized spacial score (nSPS) is 36.1. The minimum Gasteiger partial charge on any atom is -0.390 e. The Morgan fingerprint density at radius 2 is 2.08 bits per heavy atom. The lowest BCUT2D eigenvalue weighted by Gasteiger charge is -2.58. The third-order valence-corrected chi connectivity index (χ3v) is 6.58. The molecular weight excluding hydrogens is 318 g/mol. The number of H-pyrrole nitrogens is 1. The summed E-state index contributed by atoms with van der Waals surface area (Å²) in [4.78, 5) is 19.6. The maximum atomic E-state index is 12.2. The molecule has 6 rings (SSSR count). The molecule has 2 atom stereocenters. The number of carbonyl (C=O) groups is 1. The van der Waals surface area contributed by atoms with Crippen molar-refractivity contribution in [1.29, 1.82) is 0 Å². The maximum absolute atomic E-state index is 12.2. The molecule has 0 aliphatic heterocycles. The van der Waals surface area contributed by atoms with Crippen LogP contribution < -0.4 is 5.32 Å². The number of fused-ring (bicyclic) bond motifs is 1. The Hall–Kier alpha value is -1.92. The van der Waals surface area contributed by atoms with Crippen molar-refractivity contribution in [3.63, 3.8) is 0 Å². The SMILES string of the molecule is O=C(CO)c1cnc2[nH]ccc2c1NC1C2CC3CC1CC(O)(C3)C2. The van der Waals surface area contributed by atoms with Gasteiger partial charge in [0.15, 0.2) is 5.78 Å². The van der Waals surface area contributed by atoms with E-state index in [1.807, 2.05) is 12.3 Å². The summed E-state index contributed by atoms with van der Waals surface area (Å²) in [5.74, 6) is 1.20. The van der Waals surface area contributed by atoms with E-state index in [4.69, 9.17) is 0 Å². The van der Waals surface area contributed by atoms with Gasteiger partial charge in [0.1, 0.15) is 12.3 Å². The first-order chi connectivity index (χ1) is 12.1. The zero-order chi connectivity index (χ0) is 17.2. The molecule has 0 amide bonds. The van der Waals surface area contributed by atoms with E-state index in [9.17, 15) is 15.0 Å². The topological polar surface area (TPSA) is 98.2 Å². The molecule has 0 saturated heterocycles. The summed E-state index contributed by atoms with van der Waals surface area (Å²) in [5.41, 5.74) is 1.48. The Labute approximate surface area is 145 Å². The molecule has 2 aromatic rings. The highest BCUT2D eigenvalue weighted by Gasteiger charge is 2.54. The van der Waals surface area contributed by atoms with Gasteiger partial charge in [-0.05, 0) is 55.9 Å². The Morgan fingerprint density at radius 1 is 1.32 bits per heavy atom. The minimum atomic E-state index is -0.522. The van der Waals surface area contributed by atoms with Crippen LogP contribution in [0.1, 0.15) is 42.5 Å². The van der Waals surface area contributed by atoms with Gasteiger partial charge in [-0.25, -0.2) is 4.98 Å². The van der Waals surface area contributed by atoms with Crippen LogP contribution in [0.2, 0.25) is 0 Å². The van der Waals surface area contributed by atoms with Crippen molar-refractivity contribution < 1.29 is 15.0 Å². The van der Waals surface area contributed by atoms with Crippen LogP contribution in [-0.2, 0) is 0 Å². The monoisotopic (exact) mass is 341 g/mol. The molecule has 2 aromatic heterocycles. The van der Waals surface area contributed by atoms with Crippen molar-refractivity contribution in [3.8, 4) is 0 Å². The third-order valence-electron chi connectivity index (χ3n) is 6.58. The van der Waals surface area contributed by atoms with Gasteiger partial charge in [0.2, 0.25) is 0 Å². The van der Waals surface area contributed by atoms with E-state index in [-0.39, 0.29) is 11.8 Å². The number of rotatable bonds is 4. The Kier molecular flexibility index (Phi) is 3.24. The Balaban J connectivity index is 1.54. The maximum Gasteiger partial charge on any atom is 0.191 e. The average molecular weight is 341 g/mol. The lowest BCUT2D eigenvalue weighted by atomic mass is 9.52. The van der Waals surface area contributed by atoms with Gasteiger partial charge >= 0.3 is 0 Å². The summed E-state index contributed by atoms with van der Waals surface area (Å²) >= 11 is 0. The van der Waals surface area contributed by atoms with Crippen LogP contribution in [-0.4, -0.2) is 44.2 Å². The number of hydrogen-bond donors (Lipinski definition) is 4. The zero-order valence-electron chi connectivity index (χ0n) is 14.0. The number of ketones is 1. The van der Waals surface area contributed by atoms with E-state index >= 15 is 0 Å². The number of aliphatic hydroxyl groups is 2. The molecule has 0 aromatic carbocycles. The highest BCUT2D eigenvalue weighted by Crippen LogP contribution is 2.56. The molecule has 132 valence electrons. The molecule has 6 heteroatoms. The van der Waals surface area contributed by atoms with Gasteiger partial charge in [0.25, 0.3) is 0 Å². The van der Waals surface area contributed by atoms with E-state index in [1.165, 1.54) is 0 Å². The molecule has 6 nitrogen and oxygen atoms in total. The summed E-state index contributed by atoms with van der Waals surface area (Å²) in [6.07, 6.45) is 8.32. The average Bonchev–Trinajstić information content (AvgIpc) is 3.04. The number of carbonyl (C=O) groups excluding carboxylic acids is 1. The second kappa shape index (κ2) is 5.29. The van der Waals surface area contributed by atoms with E-state index in [0.717, 1.165) is 48.8 Å². The van der Waals surface area contributed by atoms with E-state index in [0.29, 0.717) is 23.3 Å². The Bertz CT molecular complexity index is 830. The van der Waals surface area contributed by atoms with Gasteiger partial charge in [-0.3, -0.25) is 4.79 Å². The number of anilines is 1. The van der Waals surface area contributed by atoms with Gasteiger partial charge in [-0.2, -0.15) is 0 Å². The number of aromatic nitrogens is 2. The first-order valence-corrected chi connectivity index (χ1v) is 9.15. The molecule has 2 unspecified atom stereocenters. The second-order valence-electron chi connectivity index (χ2n) is 8.23. The summed E-state index contributed by atoms with van der Waals surface area (Å²) in [6.45, 7) is -0.522. The van der Waals surface area contributed by atoms with Gasteiger partial charge in [0, 0.05) is 23.8 Å². The van der Waals surface area contributed by atoms with Crippen molar-refractivity contribution in [2.24, 2.45) is 17.8 Å². The molecule has 0 spiro atoms. The van der Waals surface area contributed by atoms with Gasteiger partial charge in [0.05, 0.1) is 16.9 Å². The molecule has 0 radical (unpaired) electrons. The second-order valence-corrected chi connectivity index (χ2v) is 8.23. The number of pyridine rings is 1. The smallest absolute Gasteiger partial charge is 0.191 e. The zero-order valence-corrected chi connectivity index (χ0v) is 14.0. The number of aromatic amines is 1. The van der Waals surface area contributed by atoms with E-state index in [1.54, 1.807) is 6.20 Å². The predicted octanol–water partition coefficient (Wildman–Crippen LogP) is 2.09. The summed E-state index contributed by atoms with van der Waals surface area (Å²) in [5, 5.41) is 24.6. The number of aliphatic hydroxyl groups excluding tert-OH is 1. The molecular formula is C19H23N3O3. The van der Waals surface area contributed by atoms with Crippen molar-refractivity contribution in [2.45, 2.75) is 43.7 Å². The van der Waals surface area contributed by atoms with Crippen LogP contribution in [0, 0.1) is 17.8 Å². The van der Waals surface area contributed by atoms with Crippen molar-refractivity contribution in [2.75, 3.05) is 11.9 Å². The van der Waals surface area contributed by atoms with Crippen LogP contribution in [0.15, 0.2) is 18.5 Å². The van der Waals surface area contributed by atoms with Gasteiger partial charge in [-0.15, -0.1) is 0 Å². The molecule has 4 saturated carbocycles. The third kappa shape index (κ3) is 2.31. The molecule has 4 aliphatic rings. The molecule has 4 N–H and O–H groups in total. The Morgan fingerprint density at radius 3 is 2.76 bits per heavy atom. The number of nitrogens with one attached hydrogen (secondary N) is 2. The van der Waals surface area contributed by atoms with Crippen LogP contribution in [0.5, 0.6) is 0 Å². The molecule has 4 fully saturated rings. The van der Waals surface area contributed by atoms with Gasteiger partial charge < -0.3 is 20.5 Å². The van der Waals surface area contributed by atoms with Crippen LogP contribution in [0.4, 0.5) is 5.69 Å². The standard InChI is InChI=1S/C19H23N3O3/c23-9-15(24)14-8-21-18-13(1-2-20-18)17(14)22-16-11-3-10-4-12(16)7-19(25,5-10)6-11/h1-2,8,10-12,16,23,25H,3-7,9H2,(H2,20,21,22). The molecule has 2 heterocycles. The van der Waals surface area contributed by atoms with Crippen LogP contribution in [0.3, 0.4) is 0 Å². The lowest BCUT2D eigenvalue weighted by Crippen LogP contribution is -2.59. The summed E-state index contributed by atoms with van der Waals surface area (Å²) in [6, 6.07) is 2.19. The number of hydrogen-bond acceptors (Lipinski definition) is 5. The highest BCUT2D eigenvalue weighted by atomic mass is 16.3. The lowest BCUT2D eigenvalue weighted by molar-refractivity contribution is -0.129. The summed E-state index contributed by atoms with van der Waals surface area (Å²) in [7, 11) is 0. The number of nitrogens with zero attached hydrogens (tertiary/aromatic N) is 1. The molecule has 25 heavy (non-hydrogen) atoms. The summed E-state index contributed by atoms with van der Waals surface area (Å²) < 4.78 is 0. The largest absolute Gasteiger partial charge is 0.390 e. The van der Waals surface area contributed by atoms with E-state index < -0.39 is 12.2 Å². The van der Waals surface area contributed by atoms with Gasteiger partial charge in [-0.1, -0.05) is 0 Å². The highest BCUT2D eigenvalue weighted by molar-refractivity contribution is 6.08. The van der Waals surface area contributed by atoms with E-state index in [2.05, 4.69) is 15.3 Å². The molecule has 4 aliphatic carbocycles. The predicted molar refractivity (Wildman–Crippen MR) is 93.4 cm³/mol. The number of Topliss-reactive ketones (excluding diaryl/α,β-unsaturated/α-hetero) is 1. The van der Waals surface area contributed by atoms with Crippen LogP contribution >= 0.6 is 0 Å². The fourth-order valence-corrected chi connectivity index (χ4v) is 5.84. The van der Waals surface area contributed by atoms with Crippen molar-refractivity contribution in [1.82, 2.24) is 9.97 Å². The van der Waals surface area contributed by atoms with Crippen LogP contribution in [0.25, 0.3) is 11.0 Å². The molecule has 4 bridgehead atoms. The fourth-order valence-electron chi connectivity index (χ4n) is 5.84.